The van der Waals surface area contributed by atoms with Crippen LogP contribution in [0.25, 0.3) is 66.4 Å². The Labute approximate surface area is 231 Å². The molecule has 1 heterocycles. The molecule has 0 spiro atoms. The second-order valence-corrected chi connectivity index (χ2v) is 11.3. The minimum Gasteiger partial charge on any atom is -0.264 e. The highest BCUT2D eigenvalue weighted by molar-refractivity contribution is 7.99. The zero-order valence-electron chi connectivity index (χ0n) is 21.4. The Bertz CT molecular complexity index is 2210. The number of benzene rings is 6. The highest BCUT2D eigenvalue weighted by atomic mass is 32.2. The number of fused-ring (bicyclic) bond motifs is 6. The van der Waals surface area contributed by atoms with E-state index < -0.39 is 0 Å². The van der Waals surface area contributed by atoms with Gasteiger partial charge in [-0.3, -0.25) is 4.98 Å². The minimum atomic E-state index is 1.06. The van der Waals surface area contributed by atoms with Crippen LogP contribution < -0.4 is 10.4 Å². The molecule has 6 aromatic carbocycles. The van der Waals surface area contributed by atoms with Gasteiger partial charge in [-0.1, -0.05) is 115 Å². The van der Waals surface area contributed by atoms with E-state index in [2.05, 4.69) is 126 Å². The van der Waals surface area contributed by atoms with Gasteiger partial charge in [-0.25, -0.2) is 0 Å². The normalized spacial score (nSPS) is 12.9. The first-order valence-corrected chi connectivity index (χ1v) is 14.3. The third kappa shape index (κ3) is 3.60. The molecule has 0 saturated heterocycles. The van der Waals surface area contributed by atoms with Crippen molar-refractivity contribution in [3.63, 3.8) is 0 Å². The Morgan fingerprint density at radius 1 is 0.538 bits per heavy atom. The molecule has 184 valence electrons. The summed E-state index contributed by atoms with van der Waals surface area (Å²) in [5.74, 6) is 0. The van der Waals surface area contributed by atoms with Crippen molar-refractivity contribution in [3.8, 4) is 11.1 Å². The van der Waals surface area contributed by atoms with Crippen LogP contribution in [0.3, 0.4) is 0 Å². The quantitative estimate of drug-likeness (QED) is 0.218. The molecule has 0 bridgehead atoms. The van der Waals surface area contributed by atoms with Crippen molar-refractivity contribution in [1.29, 1.82) is 0 Å². The largest absolute Gasteiger partial charge is 0.264 e. The molecule has 2 heteroatoms. The van der Waals surface area contributed by atoms with Crippen LogP contribution in [0.4, 0.5) is 0 Å². The second kappa shape index (κ2) is 9.11. The van der Waals surface area contributed by atoms with E-state index in [0.29, 0.717) is 0 Å². The lowest BCUT2D eigenvalue weighted by Crippen LogP contribution is -2.31. The molecule has 7 aromatic rings. The van der Waals surface area contributed by atoms with E-state index in [4.69, 9.17) is 0 Å². The Kier molecular flexibility index (Phi) is 5.27. The Balaban J connectivity index is 1.46. The van der Waals surface area contributed by atoms with Gasteiger partial charge in [-0.05, 0) is 84.2 Å². The van der Waals surface area contributed by atoms with Gasteiger partial charge in [-0.15, -0.1) is 0 Å². The summed E-state index contributed by atoms with van der Waals surface area (Å²) >= 11 is 1.90. The summed E-state index contributed by atoms with van der Waals surface area (Å²) in [6.07, 6.45) is 11.0. The summed E-state index contributed by atoms with van der Waals surface area (Å²) in [5, 5.41) is 12.9. The van der Waals surface area contributed by atoms with E-state index in [1.54, 1.807) is 0 Å². The highest BCUT2D eigenvalue weighted by Gasteiger charge is 2.18. The van der Waals surface area contributed by atoms with Crippen LogP contribution in [0.15, 0.2) is 125 Å². The van der Waals surface area contributed by atoms with Crippen molar-refractivity contribution in [1.82, 2.24) is 4.98 Å². The van der Waals surface area contributed by atoms with E-state index in [1.165, 1.54) is 74.4 Å². The first-order chi connectivity index (χ1) is 19.4. The number of hydrogen-bond acceptors (Lipinski definition) is 2. The third-order valence-electron chi connectivity index (χ3n) is 8.00. The monoisotopic (exact) mass is 515 g/mol. The Hall–Kier alpha value is -4.40. The molecule has 0 unspecified atom stereocenters. The van der Waals surface area contributed by atoms with Crippen molar-refractivity contribution in [2.24, 2.45) is 0 Å². The summed E-state index contributed by atoms with van der Waals surface area (Å²) < 4.78 is 0. The molecular weight excluding hydrogens is 490 g/mol. The van der Waals surface area contributed by atoms with E-state index in [9.17, 15) is 0 Å². The van der Waals surface area contributed by atoms with Gasteiger partial charge >= 0.3 is 0 Å². The summed E-state index contributed by atoms with van der Waals surface area (Å²) in [6.45, 7) is 0. The third-order valence-corrected chi connectivity index (χ3v) is 9.21. The van der Waals surface area contributed by atoms with Gasteiger partial charge in [0.15, 0.2) is 0 Å². The van der Waals surface area contributed by atoms with E-state index in [-0.39, 0.29) is 0 Å². The molecule has 0 fully saturated rings. The van der Waals surface area contributed by atoms with Crippen molar-refractivity contribution in [2.75, 3.05) is 0 Å². The van der Waals surface area contributed by atoms with Crippen LogP contribution >= 0.6 is 11.8 Å². The smallest absolute Gasteiger partial charge is 0.0353 e. The molecule has 1 nitrogen and oxygen atoms in total. The summed E-state index contributed by atoms with van der Waals surface area (Å²) in [7, 11) is 0. The van der Waals surface area contributed by atoms with E-state index in [1.807, 2.05) is 18.0 Å². The lowest BCUT2D eigenvalue weighted by atomic mass is 9.90. The molecule has 8 rings (SSSR count). The van der Waals surface area contributed by atoms with Crippen molar-refractivity contribution < 1.29 is 0 Å². The number of aromatic nitrogens is 1. The van der Waals surface area contributed by atoms with Crippen LogP contribution in [-0.2, 0) is 0 Å². The maximum absolute atomic E-state index is 4.63. The topological polar surface area (TPSA) is 12.9 Å². The van der Waals surface area contributed by atoms with Gasteiger partial charge in [0.2, 0.25) is 0 Å². The van der Waals surface area contributed by atoms with E-state index >= 15 is 0 Å². The fourth-order valence-electron chi connectivity index (χ4n) is 6.27. The average Bonchev–Trinajstić information content (AvgIpc) is 3.01. The first kappa shape index (κ1) is 22.6. The molecule has 0 aliphatic heterocycles. The molecule has 39 heavy (non-hydrogen) atoms. The highest BCUT2D eigenvalue weighted by Crippen LogP contribution is 2.40. The molecular formula is C37H25NS. The van der Waals surface area contributed by atoms with Gasteiger partial charge in [0.25, 0.3) is 0 Å². The molecule has 1 aromatic heterocycles. The molecule has 0 atom stereocenters. The predicted octanol–water partition coefficient (Wildman–Crippen LogP) is 8.87. The lowest BCUT2D eigenvalue weighted by Gasteiger charge is -2.18. The zero-order valence-corrected chi connectivity index (χ0v) is 22.2. The predicted molar refractivity (Wildman–Crippen MR) is 168 cm³/mol. The summed E-state index contributed by atoms with van der Waals surface area (Å²) in [5.41, 5.74) is 2.58. The van der Waals surface area contributed by atoms with Crippen LogP contribution in [0.5, 0.6) is 0 Å². The van der Waals surface area contributed by atoms with Crippen LogP contribution in [0, 0.1) is 0 Å². The number of pyridine rings is 1. The van der Waals surface area contributed by atoms with Gasteiger partial charge < -0.3 is 0 Å². The average molecular weight is 516 g/mol. The molecule has 1 aliphatic rings. The van der Waals surface area contributed by atoms with Crippen molar-refractivity contribution >= 4 is 67.0 Å². The Morgan fingerprint density at radius 2 is 1.23 bits per heavy atom. The van der Waals surface area contributed by atoms with Gasteiger partial charge in [0.05, 0.1) is 0 Å². The SMILES string of the molecule is C1=c2c(Sc3cc4ccccc4c4ccccc34)c3ccncc3c(-c3cccc4ccccc34)c2=CCC1. The number of rotatable bonds is 3. The van der Waals surface area contributed by atoms with Crippen molar-refractivity contribution in [2.45, 2.75) is 22.6 Å². The van der Waals surface area contributed by atoms with Crippen LogP contribution in [-0.4, -0.2) is 4.98 Å². The molecule has 0 amide bonds. The minimum absolute atomic E-state index is 1.06. The first-order valence-electron chi connectivity index (χ1n) is 13.5. The van der Waals surface area contributed by atoms with Gasteiger partial charge in [0, 0.05) is 27.6 Å². The fourth-order valence-corrected chi connectivity index (χ4v) is 7.55. The lowest BCUT2D eigenvalue weighted by molar-refractivity contribution is 1.11. The van der Waals surface area contributed by atoms with Crippen molar-refractivity contribution in [3.05, 3.63) is 126 Å². The van der Waals surface area contributed by atoms with Gasteiger partial charge in [0.1, 0.15) is 0 Å². The second-order valence-electron chi connectivity index (χ2n) is 10.2. The van der Waals surface area contributed by atoms with Gasteiger partial charge in [-0.2, -0.15) is 0 Å². The maximum atomic E-state index is 4.63. The summed E-state index contributed by atoms with van der Waals surface area (Å²) in [6, 6.07) is 37.5. The Morgan fingerprint density at radius 3 is 2.10 bits per heavy atom. The van der Waals surface area contributed by atoms with E-state index in [0.717, 1.165) is 12.8 Å². The molecule has 0 saturated carbocycles. The molecule has 1 aliphatic carbocycles. The number of hydrogen-bond donors (Lipinski definition) is 0. The molecule has 0 radical (unpaired) electrons. The zero-order chi connectivity index (χ0) is 25.8. The maximum Gasteiger partial charge on any atom is 0.0353 e. The standard InChI is InChI=1S/C37H25NS/c1-3-13-26-24(10-1)12-9-19-30(26)36-31-17-7-8-18-32(31)37(33-20-21-38-23-34(33)36)39-35-22-25-11-2-4-14-27(25)28-15-5-6-16-29(28)35/h1-6,9-23H,7-8H2. The fraction of sp³-hybridized carbons (Fsp3) is 0.0541. The summed E-state index contributed by atoms with van der Waals surface area (Å²) in [4.78, 5) is 7.25. The molecule has 0 N–H and O–H groups in total. The van der Waals surface area contributed by atoms with Crippen LogP contribution in [0.1, 0.15) is 12.8 Å². The van der Waals surface area contributed by atoms with Crippen LogP contribution in [0.2, 0.25) is 0 Å². The number of nitrogens with zero attached hydrogens (tertiary/aromatic N) is 1.